The Morgan fingerprint density at radius 1 is 1.22 bits per heavy atom. The van der Waals surface area contributed by atoms with Crippen molar-refractivity contribution in [3.63, 3.8) is 0 Å². The molecule has 1 aliphatic carbocycles. The number of aromatic nitrogens is 3. The first kappa shape index (κ1) is 12.9. The first-order chi connectivity index (χ1) is 8.72. The maximum atomic E-state index is 5.72. The zero-order valence-electron chi connectivity index (χ0n) is 11.2. The van der Waals surface area contributed by atoms with Crippen LogP contribution in [0.2, 0.25) is 0 Å². The van der Waals surface area contributed by atoms with Crippen LogP contribution in [0.1, 0.15) is 33.1 Å². The molecule has 0 saturated heterocycles. The summed E-state index contributed by atoms with van der Waals surface area (Å²) < 4.78 is 0. The minimum atomic E-state index is 0.279. The van der Waals surface area contributed by atoms with Crippen molar-refractivity contribution in [3.8, 4) is 0 Å². The second-order valence-electron chi connectivity index (χ2n) is 4.65. The van der Waals surface area contributed by atoms with Crippen LogP contribution in [0.5, 0.6) is 0 Å². The fourth-order valence-corrected chi connectivity index (χ4v) is 1.90. The van der Waals surface area contributed by atoms with Crippen LogP contribution >= 0.6 is 0 Å². The zero-order valence-corrected chi connectivity index (χ0v) is 11.2. The molecule has 0 aliphatic heterocycles. The smallest absolute Gasteiger partial charge is 0.231 e. The van der Waals surface area contributed by atoms with Gasteiger partial charge < -0.3 is 16.0 Å². The van der Waals surface area contributed by atoms with Crippen molar-refractivity contribution in [2.24, 2.45) is 5.92 Å². The molecule has 0 unspecified atom stereocenters. The second kappa shape index (κ2) is 5.84. The average Bonchev–Trinajstić information content (AvgIpc) is 3.14. The van der Waals surface area contributed by atoms with Gasteiger partial charge in [0, 0.05) is 19.6 Å². The van der Waals surface area contributed by atoms with Crippen molar-refractivity contribution in [1.82, 2.24) is 15.0 Å². The number of nitrogens with one attached hydrogen (secondary N) is 1. The van der Waals surface area contributed by atoms with Gasteiger partial charge in [0.1, 0.15) is 0 Å². The summed E-state index contributed by atoms with van der Waals surface area (Å²) in [7, 11) is 0. The van der Waals surface area contributed by atoms with Gasteiger partial charge in [0.05, 0.1) is 0 Å². The van der Waals surface area contributed by atoms with E-state index in [2.05, 4.69) is 39.0 Å². The van der Waals surface area contributed by atoms with Gasteiger partial charge in [0.2, 0.25) is 17.8 Å². The van der Waals surface area contributed by atoms with E-state index >= 15 is 0 Å². The molecule has 1 saturated carbocycles. The highest BCUT2D eigenvalue weighted by Crippen LogP contribution is 2.31. The van der Waals surface area contributed by atoms with E-state index in [0.717, 1.165) is 25.6 Å². The Bertz CT molecular complexity index is 386. The number of nitrogens with two attached hydrogens (primary N) is 1. The van der Waals surface area contributed by atoms with Crippen molar-refractivity contribution in [1.29, 1.82) is 0 Å². The van der Waals surface area contributed by atoms with Crippen LogP contribution in [0.15, 0.2) is 0 Å². The van der Waals surface area contributed by atoms with Gasteiger partial charge in [-0.3, -0.25) is 0 Å². The lowest BCUT2D eigenvalue weighted by atomic mass is 10.3. The highest BCUT2D eigenvalue weighted by Gasteiger charge is 2.20. The number of rotatable bonds is 7. The Labute approximate surface area is 108 Å². The number of nitrogen functional groups attached to an aromatic ring is 1. The fraction of sp³-hybridized carbons (Fsp3) is 0.750. The first-order valence-corrected chi connectivity index (χ1v) is 6.73. The van der Waals surface area contributed by atoms with Gasteiger partial charge in [-0.05, 0) is 26.2 Å². The third-order valence-electron chi connectivity index (χ3n) is 3.22. The summed E-state index contributed by atoms with van der Waals surface area (Å²) in [4.78, 5) is 14.8. The van der Waals surface area contributed by atoms with Crippen LogP contribution in [0.4, 0.5) is 17.8 Å². The van der Waals surface area contributed by atoms with Gasteiger partial charge in [-0.2, -0.15) is 15.0 Å². The highest BCUT2D eigenvalue weighted by atomic mass is 15.3. The van der Waals surface area contributed by atoms with Crippen LogP contribution in [-0.4, -0.2) is 34.6 Å². The molecule has 3 N–H and O–H groups in total. The Balaban J connectivity index is 1.99. The zero-order chi connectivity index (χ0) is 13.0. The molecule has 100 valence electrons. The largest absolute Gasteiger partial charge is 0.368 e. The molecule has 6 nitrogen and oxygen atoms in total. The van der Waals surface area contributed by atoms with E-state index in [1.165, 1.54) is 19.3 Å². The van der Waals surface area contributed by atoms with E-state index in [-0.39, 0.29) is 5.95 Å². The Hall–Kier alpha value is -1.59. The number of anilines is 3. The van der Waals surface area contributed by atoms with E-state index < -0.39 is 0 Å². The molecule has 1 aromatic rings. The van der Waals surface area contributed by atoms with Gasteiger partial charge in [-0.25, -0.2) is 0 Å². The summed E-state index contributed by atoms with van der Waals surface area (Å²) in [5, 5.41) is 3.23. The third kappa shape index (κ3) is 3.45. The van der Waals surface area contributed by atoms with Crippen LogP contribution in [0, 0.1) is 5.92 Å². The van der Waals surface area contributed by atoms with E-state index in [1.54, 1.807) is 0 Å². The maximum absolute atomic E-state index is 5.72. The lowest BCUT2D eigenvalue weighted by Crippen LogP contribution is -2.25. The van der Waals surface area contributed by atoms with Crippen molar-refractivity contribution in [2.45, 2.75) is 33.1 Å². The fourth-order valence-electron chi connectivity index (χ4n) is 1.90. The molecule has 1 heterocycles. The summed E-state index contributed by atoms with van der Waals surface area (Å²) in [5.74, 6) is 2.42. The quantitative estimate of drug-likeness (QED) is 0.763. The topological polar surface area (TPSA) is 80.0 Å². The monoisotopic (exact) mass is 250 g/mol. The molecule has 1 fully saturated rings. The predicted molar refractivity (Wildman–Crippen MR) is 73.6 cm³/mol. The molecule has 0 bridgehead atoms. The molecule has 0 amide bonds. The average molecular weight is 250 g/mol. The summed E-state index contributed by atoms with van der Waals surface area (Å²) in [6.45, 7) is 6.78. The Morgan fingerprint density at radius 2 is 1.94 bits per heavy atom. The predicted octanol–water partition coefficient (Wildman–Crippen LogP) is 1.51. The lowest BCUT2D eigenvalue weighted by Gasteiger charge is -2.19. The molecule has 1 aromatic heterocycles. The second-order valence-corrected chi connectivity index (χ2v) is 4.65. The molecule has 18 heavy (non-hydrogen) atoms. The third-order valence-corrected chi connectivity index (χ3v) is 3.22. The molecule has 0 atom stereocenters. The van der Waals surface area contributed by atoms with Gasteiger partial charge >= 0.3 is 0 Å². The summed E-state index contributed by atoms with van der Waals surface area (Å²) in [6, 6.07) is 0. The lowest BCUT2D eigenvalue weighted by molar-refractivity contribution is 0.752. The standard InChI is InChI=1S/C12H22N6/c1-3-18(4-2)12-16-10(13)15-11(17-12)14-8-7-9-5-6-9/h9H,3-8H2,1-2H3,(H3,13,14,15,16,17). The molecule has 0 spiro atoms. The first-order valence-electron chi connectivity index (χ1n) is 6.73. The van der Waals surface area contributed by atoms with Crippen molar-refractivity contribution >= 4 is 17.8 Å². The normalized spacial score (nSPS) is 14.6. The van der Waals surface area contributed by atoms with Crippen molar-refractivity contribution in [3.05, 3.63) is 0 Å². The summed E-state index contributed by atoms with van der Waals surface area (Å²) in [6.07, 6.45) is 3.92. The van der Waals surface area contributed by atoms with Crippen LogP contribution < -0.4 is 16.0 Å². The molecule has 2 rings (SSSR count). The SMILES string of the molecule is CCN(CC)c1nc(N)nc(NCCC2CC2)n1. The van der Waals surface area contributed by atoms with Gasteiger partial charge in [0.25, 0.3) is 0 Å². The summed E-state index contributed by atoms with van der Waals surface area (Å²) in [5.41, 5.74) is 5.72. The van der Waals surface area contributed by atoms with E-state index in [4.69, 9.17) is 5.73 Å². The van der Waals surface area contributed by atoms with E-state index in [9.17, 15) is 0 Å². The minimum Gasteiger partial charge on any atom is -0.368 e. The highest BCUT2D eigenvalue weighted by molar-refractivity contribution is 5.41. The molecule has 1 aliphatic rings. The molecular formula is C12H22N6. The molecule has 0 aromatic carbocycles. The number of hydrogen-bond acceptors (Lipinski definition) is 6. The molecular weight excluding hydrogens is 228 g/mol. The molecule has 6 heteroatoms. The van der Waals surface area contributed by atoms with E-state index in [0.29, 0.717) is 11.9 Å². The van der Waals surface area contributed by atoms with Gasteiger partial charge in [-0.15, -0.1) is 0 Å². The Kier molecular flexibility index (Phi) is 4.17. The van der Waals surface area contributed by atoms with Crippen LogP contribution in [0.3, 0.4) is 0 Å². The van der Waals surface area contributed by atoms with Crippen molar-refractivity contribution < 1.29 is 0 Å². The van der Waals surface area contributed by atoms with Crippen molar-refractivity contribution in [2.75, 3.05) is 35.6 Å². The van der Waals surface area contributed by atoms with Crippen LogP contribution in [0.25, 0.3) is 0 Å². The maximum Gasteiger partial charge on any atom is 0.231 e. The van der Waals surface area contributed by atoms with Gasteiger partial charge in [-0.1, -0.05) is 12.8 Å². The number of hydrogen-bond donors (Lipinski definition) is 2. The molecule has 0 radical (unpaired) electrons. The van der Waals surface area contributed by atoms with Gasteiger partial charge in [0.15, 0.2) is 0 Å². The minimum absolute atomic E-state index is 0.279. The Morgan fingerprint density at radius 3 is 2.56 bits per heavy atom. The van der Waals surface area contributed by atoms with E-state index in [1.807, 2.05) is 0 Å². The van der Waals surface area contributed by atoms with Crippen LogP contribution in [-0.2, 0) is 0 Å². The summed E-state index contributed by atoms with van der Waals surface area (Å²) >= 11 is 0. The number of nitrogens with zero attached hydrogens (tertiary/aromatic N) is 4.